The molecule has 0 bridgehead atoms. The van der Waals surface area contributed by atoms with E-state index >= 15 is 0 Å². The number of hydrogen-bond donors (Lipinski definition) is 2. The van der Waals surface area contributed by atoms with Gasteiger partial charge in [0.15, 0.2) is 0 Å². The number of pyridine rings is 2. The SMILES string of the molecule is Nc1ncc(-c2cc3n(n2)CCOC32CCN(Cc3cccc(=O)[nH]3)C2)cc1C(F)(F)F. The van der Waals surface area contributed by atoms with Crippen molar-refractivity contribution in [2.24, 2.45) is 0 Å². The molecule has 0 saturated carbocycles. The zero-order chi connectivity index (χ0) is 22.5. The van der Waals surface area contributed by atoms with E-state index in [1.165, 1.54) is 12.3 Å². The van der Waals surface area contributed by atoms with Gasteiger partial charge in [-0.05, 0) is 24.6 Å². The van der Waals surface area contributed by atoms with Gasteiger partial charge in [-0.15, -0.1) is 0 Å². The molecule has 2 aliphatic heterocycles. The molecular weight excluding hydrogens is 425 g/mol. The van der Waals surface area contributed by atoms with Gasteiger partial charge in [0.2, 0.25) is 5.56 Å². The van der Waals surface area contributed by atoms with Crippen LogP contribution in [0, 0.1) is 0 Å². The molecule has 1 atom stereocenters. The van der Waals surface area contributed by atoms with Crippen molar-refractivity contribution >= 4 is 5.82 Å². The third kappa shape index (κ3) is 3.67. The van der Waals surface area contributed by atoms with E-state index in [0.29, 0.717) is 38.4 Å². The van der Waals surface area contributed by atoms with E-state index in [4.69, 9.17) is 10.5 Å². The molecule has 0 aliphatic carbocycles. The summed E-state index contributed by atoms with van der Waals surface area (Å²) in [5.74, 6) is -0.560. The van der Waals surface area contributed by atoms with Crippen molar-refractivity contribution in [3.05, 3.63) is 63.8 Å². The number of aromatic nitrogens is 4. The first kappa shape index (κ1) is 20.7. The van der Waals surface area contributed by atoms with Crippen LogP contribution in [-0.4, -0.2) is 44.3 Å². The number of hydrogen-bond acceptors (Lipinski definition) is 6. The maximum Gasteiger partial charge on any atom is 0.419 e. The number of H-pyrrole nitrogens is 1. The molecule has 0 aromatic carbocycles. The summed E-state index contributed by atoms with van der Waals surface area (Å²) in [6.45, 7) is 2.87. The van der Waals surface area contributed by atoms with Crippen LogP contribution < -0.4 is 11.3 Å². The summed E-state index contributed by atoms with van der Waals surface area (Å²) in [5.41, 5.74) is 5.99. The van der Waals surface area contributed by atoms with Gasteiger partial charge in [-0.25, -0.2) is 4.98 Å². The minimum atomic E-state index is -4.60. The molecule has 5 heterocycles. The van der Waals surface area contributed by atoms with Crippen molar-refractivity contribution in [2.45, 2.75) is 31.3 Å². The standard InChI is InChI=1S/C21H21F3N6O2/c22-21(23,24)15-8-13(10-26-19(15)25)16-9-17-20(32-7-6-30(17)28-16)4-5-29(12-20)11-14-2-1-3-18(31)27-14/h1-3,8-10H,4-7,11-12H2,(H2,25,26)(H,27,31). The maximum absolute atomic E-state index is 13.3. The number of nitrogens with zero attached hydrogens (tertiary/aromatic N) is 4. The van der Waals surface area contributed by atoms with Crippen LogP contribution in [0.2, 0.25) is 0 Å². The Kier molecular flexibility index (Phi) is 4.82. The lowest BCUT2D eigenvalue weighted by atomic mass is 9.96. The number of halogens is 3. The molecule has 3 N–H and O–H groups in total. The molecule has 3 aromatic rings. The lowest BCUT2D eigenvalue weighted by molar-refractivity contribution is -0.137. The molecule has 1 fully saturated rings. The van der Waals surface area contributed by atoms with Crippen LogP contribution in [-0.2, 0) is 29.6 Å². The summed E-state index contributed by atoms with van der Waals surface area (Å²) in [6.07, 6.45) is -2.58. The van der Waals surface area contributed by atoms with Gasteiger partial charge < -0.3 is 15.5 Å². The molecule has 0 amide bonds. The monoisotopic (exact) mass is 446 g/mol. The summed E-state index contributed by atoms with van der Waals surface area (Å²) < 4.78 is 47.8. The summed E-state index contributed by atoms with van der Waals surface area (Å²) >= 11 is 0. The van der Waals surface area contributed by atoms with Crippen LogP contribution in [0.25, 0.3) is 11.3 Å². The van der Waals surface area contributed by atoms with E-state index in [1.807, 2.05) is 6.07 Å². The Balaban J connectivity index is 1.44. The molecule has 1 saturated heterocycles. The number of likely N-dealkylation sites (tertiary alicyclic amines) is 1. The fourth-order valence-electron chi connectivity index (χ4n) is 4.49. The highest BCUT2D eigenvalue weighted by molar-refractivity contribution is 5.63. The molecular formula is C21H21F3N6O2. The average molecular weight is 446 g/mol. The zero-order valence-corrected chi connectivity index (χ0v) is 17.0. The van der Waals surface area contributed by atoms with E-state index in [0.717, 1.165) is 24.0 Å². The molecule has 11 heteroatoms. The second-order valence-electron chi connectivity index (χ2n) is 8.14. The smallest absolute Gasteiger partial charge is 0.383 e. The van der Waals surface area contributed by atoms with Crippen LogP contribution in [0.1, 0.15) is 23.4 Å². The lowest BCUT2D eigenvalue weighted by Gasteiger charge is -2.34. The molecule has 5 rings (SSSR count). The quantitative estimate of drug-likeness (QED) is 0.641. The van der Waals surface area contributed by atoms with Gasteiger partial charge >= 0.3 is 6.18 Å². The van der Waals surface area contributed by atoms with E-state index in [1.54, 1.807) is 16.8 Å². The van der Waals surface area contributed by atoms with Gasteiger partial charge in [0.25, 0.3) is 0 Å². The number of nitrogen functional groups attached to an aromatic ring is 1. The summed E-state index contributed by atoms with van der Waals surface area (Å²) in [7, 11) is 0. The molecule has 1 spiro atoms. The van der Waals surface area contributed by atoms with E-state index in [2.05, 4.69) is 20.0 Å². The van der Waals surface area contributed by atoms with Crippen molar-refractivity contribution in [2.75, 3.05) is 25.4 Å². The third-order valence-corrected chi connectivity index (χ3v) is 5.98. The summed E-state index contributed by atoms with van der Waals surface area (Å²) in [5, 5.41) is 4.54. The number of rotatable bonds is 3. The predicted molar refractivity (Wildman–Crippen MR) is 109 cm³/mol. The van der Waals surface area contributed by atoms with Gasteiger partial charge in [0.05, 0.1) is 30.1 Å². The van der Waals surface area contributed by atoms with Gasteiger partial charge in [-0.2, -0.15) is 18.3 Å². The highest BCUT2D eigenvalue weighted by Gasteiger charge is 2.45. The first-order valence-electron chi connectivity index (χ1n) is 10.2. The average Bonchev–Trinajstić information content (AvgIpc) is 3.34. The second-order valence-corrected chi connectivity index (χ2v) is 8.14. The second kappa shape index (κ2) is 7.45. The van der Waals surface area contributed by atoms with Crippen molar-refractivity contribution in [3.8, 4) is 11.3 Å². The molecule has 168 valence electrons. The molecule has 32 heavy (non-hydrogen) atoms. The number of ether oxygens (including phenoxy) is 1. The molecule has 3 aromatic heterocycles. The van der Waals surface area contributed by atoms with Crippen molar-refractivity contribution in [1.82, 2.24) is 24.6 Å². The molecule has 1 unspecified atom stereocenters. The van der Waals surface area contributed by atoms with Crippen molar-refractivity contribution in [3.63, 3.8) is 0 Å². The van der Waals surface area contributed by atoms with Gasteiger partial charge in [0.1, 0.15) is 11.4 Å². The Bertz CT molecular complexity index is 1220. The van der Waals surface area contributed by atoms with Crippen molar-refractivity contribution in [1.29, 1.82) is 0 Å². The van der Waals surface area contributed by atoms with Crippen LogP contribution >= 0.6 is 0 Å². The van der Waals surface area contributed by atoms with Crippen LogP contribution in [0.5, 0.6) is 0 Å². The number of alkyl halides is 3. The Morgan fingerprint density at radius 1 is 1.25 bits per heavy atom. The number of fused-ring (bicyclic) bond motifs is 2. The van der Waals surface area contributed by atoms with Crippen LogP contribution in [0.3, 0.4) is 0 Å². The minimum Gasteiger partial charge on any atom is -0.383 e. The summed E-state index contributed by atoms with van der Waals surface area (Å²) in [4.78, 5) is 20.3. The maximum atomic E-state index is 13.3. The van der Waals surface area contributed by atoms with E-state index in [-0.39, 0.29) is 11.1 Å². The highest BCUT2D eigenvalue weighted by atomic mass is 19.4. The molecule has 8 nitrogen and oxygen atoms in total. The number of anilines is 1. The number of nitrogens with one attached hydrogen (secondary N) is 1. The minimum absolute atomic E-state index is 0.150. The Morgan fingerprint density at radius 2 is 2.09 bits per heavy atom. The van der Waals surface area contributed by atoms with Gasteiger partial charge in [-0.3, -0.25) is 14.4 Å². The van der Waals surface area contributed by atoms with Crippen LogP contribution in [0.15, 0.2) is 41.3 Å². The van der Waals surface area contributed by atoms with Crippen LogP contribution in [0.4, 0.5) is 19.0 Å². The van der Waals surface area contributed by atoms with E-state index < -0.39 is 23.2 Å². The molecule has 0 radical (unpaired) electrons. The third-order valence-electron chi connectivity index (χ3n) is 5.98. The first-order chi connectivity index (χ1) is 15.2. The predicted octanol–water partition coefficient (Wildman–Crippen LogP) is 2.37. The number of nitrogens with two attached hydrogens (primary N) is 1. The number of aromatic amines is 1. The fourth-order valence-corrected chi connectivity index (χ4v) is 4.49. The van der Waals surface area contributed by atoms with E-state index in [9.17, 15) is 18.0 Å². The Morgan fingerprint density at radius 3 is 2.88 bits per heavy atom. The Hall–Kier alpha value is -3.18. The van der Waals surface area contributed by atoms with Gasteiger partial charge in [-0.1, -0.05) is 6.07 Å². The fraction of sp³-hybridized carbons (Fsp3) is 0.381. The van der Waals surface area contributed by atoms with Crippen molar-refractivity contribution < 1.29 is 17.9 Å². The normalized spacial score (nSPS) is 21.2. The molecule has 2 aliphatic rings. The Labute approximate surface area is 180 Å². The largest absolute Gasteiger partial charge is 0.419 e. The first-order valence-corrected chi connectivity index (χ1v) is 10.2. The topological polar surface area (TPSA) is 102 Å². The highest BCUT2D eigenvalue weighted by Crippen LogP contribution is 2.41. The van der Waals surface area contributed by atoms with Gasteiger partial charge in [0, 0.05) is 43.2 Å². The summed E-state index contributed by atoms with van der Waals surface area (Å²) in [6, 6.07) is 7.81. The zero-order valence-electron chi connectivity index (χ0n) is 17.0. The lowest BCUT2D eigenvalue weighted by Crippen LogP contribution is -2.40.